The van der Waals surface area contributed by atoms with Crippen molar-refractivity contribution in [2.75, 3.05) is 11.5 Å². The molecule has 0 saturated carbocycles. The van der Waals surface area contributed by atoms with E-state index in [9.17, 15) is 4.79 Å². The van der Waals surface area contributed by atoms with Gasteiger partial charge in [-0.05, 0) is 17.7 Å². The molecule has 0 spiro atoms. The van der Waals surface area contributed by atoms with Gasteiger partial charge in [-0.2, -0.15) is 0 Å². The second-order valence-electron chi connectivity index (χ2n) is 5.15. The van der Waals surface area contributed by atoms with E-state index in [2.05, 4.69) is 62.0 Å². The van der Waals surface area contributed by atoms with Gasteiger partial charge in [0.25, 0.3) is 5.91 Å². The molecule has 0 bridgehead atoms. The molecule has 22 heavy (non-hydrogen) atoms. The molecule has 1 aliphatic heterocycles. The molecule has 2 aromatic carbocycles. The number of fused-ring (bicyclic) bond motifs is 1. The summed E-state index contributed by atoms with van der Waals surface area (Å²) in [5, 5.41) is 2.68. The summed E-state index contributed by atoms with van der Waals surface area (Å²) in [7, 11) is 1.63. The van der Waals surface area contributed by atoms with Crippen molar-refractivity contribution in [3.63, 3.8) is 0 Å². The van der Waals surface area contributed by atoms with Gasteiger partial charge in [-0.15, -0.1) is 0 Å². The molecule has 0 saturated heterocycles. The van der Waals surface area contributed by atoms with Crippen LogP contribution < -0.4 is 10.1 Å². The van der Waals surface area contributed by atoms with Gasteiger partial charge in [0.1, 0.15) is 11.9 Å². The van der Waals surface area contributed by atoms with Gasteiger partial charge in [0.15, 0.2) is 0 Å². The molecule has 1 heterocycles. The lowest BCUT2D eigenvalue weighted by Gasteiger charge is -2.17. The highest BCUT2D eigenvalue weighted by molar-refractivity contribution is 14.1. The van der Waals surface area contributed by atoms with E-state index in [4.69, 9.17) is 4.74 Å². The van der Waals surface area contributed by atoms with Crippen LogP contribution in [0.4, 0.5) is 0 Å². The van der Waals surface area contributed by atoms with Crippen LogP contribution in [0, 0.1) is 0 Å². The van der Waals surface area contributed by atoms with Crippen LogP contribution in [0.15, 0.2) is 46.9 Å². The predicted molar refractivity (Wildman–Crippen MR) is 99.1 cm³/mol. The Kier molecular flexibility index (Phi) is 4.73. The fourth-order valence-electron chi connectivity index (χ4n) is 2.88. The third kappa shape index (κ3) is 2.76. The van der Waals surface area contributed by atoms with Gasteiger partial charge in [0, 0.05) is 21.5 Å². The number of ether oxygens (including phenoxy) is 1. The molecular formula is C17H15BrINO2. The number of halogens is 2. The van der Waals surface area contributed by atoms with Crippen molar-refractivity contribution in [3.8, 4) is 5.75 Å². The monoisotopic (exact) mass is 471 g/mol. The molecule has 3 nitrogen and oxygen atoms in total. The summed E-state index contributed by atoms with van der Waals surface area (Å²) in [6.45, 7) is 0. The quantitative estimate of drug-likeness (QED) is 0.539. The molecule has 0 fully saturated rings. The van der Waals surface area contributed by atoms with Crippen LogP contribution in [-0.2, 0) is 0 Å². The number of carbonyl (C=O) groups excluding carboxylic acids is 1. The molecule has 0 aliphatic carbocycles. The van der Waals surface area contributed by atoms with E-state index in [0.717, 1.165) is 14.5 Å². The number of nitrogens with one attached hydrogen (secondary N) is 1. The van der Waals surface area contributed by atoms with Crippen LogP contribution in [-0.4, -0.2) is 23.5 Å². The van der Waals surface area contributed by atoms with Gasteiger partial charge >= 0.3 is 0 Å². The minimum atomic E-state index is -0.126. The number of benzene rings is 2. The first-order valence-electron chi connectivity index (χ1n) is 6.98. The molecule has 2 aromatic rings. The third-order valence-corrected chi connectivity index (χ3v) is 5.17. The Morgan fingerprint density at radius 1 is 1.32 bits per heavy atom. The molecule has 114 valence electrons. The van der Waals surface area contributed by atoms with Crippen LogP contribution in [0.3, 0.4) is 0 Å². The zero-order chi connectivity index (χ0) is 15.7. The first-order valence-corrected chi connectivity index (χ1v) is 9.30. The molecule has 0 aromatic heterocycles. The summed E-state index contributed by atoms with van der Waals surface area (Å²) in [4.78, 5) is 12.1. The summed E-state index contributed by atoms with van der Waals surface area (Å²) in [5.41, 5.74) is 2.87. The smallest absolute Gasteiger partial charge is 0.254 e. The van der Waals surface area contributed by atoms with Crippen LogP contribution in [0.2, 0.25) is 0 Å². The molecule has 1 amide bonds. The predicted octanol–water partition coefficient (Wildman–Crippen LogP) is 4.14. The second kappa shape index (κ2) is 6.58. The van der Waals surface area contributed by atoms with Crippen molar-refractivity contribution in [2.24, 2.45) is 0 Å². The van der Waals surface area contributed by atoms with Crippen molar-refractivity contribution in [3.05, 3.63) is 63.6 Å². The van der Waals surface area contributed by atoms with Gasteiger partial charge in [-0.3, -0.25) is 4.79 Å². The summed E-state index contributed by atoms with van der Waals surface area (Å²) in [6, 6.07) is 14.2. The van der Waals surface area contributed by atoms with Crippen molar-refractivity contribution in [1.82, 2.24) is 5.32 Å². The lowest BCUT2D eigenvalue weighted by molar-refractivity contribution is 0.0958. The van der Waals surface area contributed by atoms with Gasteiger partial charge in [-0.25, -0.2) is 0 Å². The van der Waals surface area contributed by atoms with Gasteiger partial charge in [0.2, 0.25) is 0 Å². The number of amides is 1. The molecule has 1 aliphatic rings. The van der Waals surface area contributed by atoms with Crippen molar-refractivity contribution < 1.29 is 9.53 Å². The van der Waals surface area contributed by atoms with Gasteiger partial charge in [-0.1, -0.05) is 68.9 Å². The third-order valence-electron chi connectivity index (χ3n) is 3.84. The first kappa shape index (κ1) is 15.8. The Hall–Kier alpha value is -1.08. The summed E-state index contributed by atoms with van der Waals surface area (Å²) in [6.07, 6.45) is 0.0377. The SMILES string of the molecule is CNC(=O)c1cc(Br)cc2c1OC(CI)C2c1ccccc1. The second-order valence-corrected chi connectivity index (χ2v) is 6.95. The topological polar surface area (TPSA) is 38.3 Å². The van der Waals surface area contributed by atoms with Crippen LogP contribution in [0.5, 0.6) is 5.75 Å². The summed E-state index contributed by atoms with van der Waals surface area (Å²) >= 11 is 5.86. The molecule has 2 unspecified atom stereocenters. The zero-order valence-electron chi connectivity index (χ0n) is 12.0. The van der Waals surface area contributed by atoms with Crippen LogP contribution in [0.25, 0.3) is 0 Å². The molecule has 1 N–H and O–H groups in total. The first-order chi connectivity index (χ1) is 10.7. The Bertz CT molecular complexity index is 705. The normalized spacial score (nSPS) is 19.4. The number of hydrogen-bond acceptors (Lipinski definition) is 2. The molecular weight excluding hydrogens is 457 g/mol. The van der Waals surface area contributed by atoms with Crippen molar-refractivity contribution in [1.29, 1.82) is 0 Å². The minimum Gasteiger partial charge on any atom is -0.487 e. The largest absolute Gasteiger partial charge is 0.487 e. The maximum Gasteiger partial charge on any atom is 0.254 e. The highest BCUT2D eigenvalue weighted by Gasteiger charge is 2.37. The van der Waals surface area contributed by atoms with E-state index < -0.39 is 0 Å². The van der Waals surface area contributed by atoms with E-state index in [1.165, 1.54) is 5.56 Å². The van der Waals surface area contributed by atoms with E-state index in [-0.39, 0.29) is 17.9 Å². The van der Waals surface area contributed by atoms with E-state index in [0.29, 0.717) is 11.3 Å². The Labute approximate surface area is 151 Å². The average Bonchev–Trinajstić information content (AvgIpc) is 2.92. The number of hydrogen-bond donors (Lipinski definition) is 1. The lowest BCUT2D eigenvalue weighted by Crippen LogP contribution is -2.22. The Morgan fingerprint density at radius 3 is 2.68 bits per heavy atom. The van der Waals surface area contributed by atoms with Crippen molar-refractivity contribution >= 4 is 44.4 Å². The molecule has 5 heteroatoms. The average molecular weight is 472 g/mol. The lowest BCUT2D eigenvalue weighted by atomic mass is 9.88. The standard InChI is InChI=1S/C17H15BrINO2/c1-20-17(21)13-8-11(18)7-12-15(10-5-3-2-4-6-10)14(9-19)22-16(12)13/h2-8,14-15H,9H2,1H3,(H,20,21). The van der Waals surface area contributed by atoms with E-state index in [1.54, 1.807) is 7.05 Å². The fraction of sp³-hybridized carbons (Fsp3) is 0.235. The Balaban J connectivity index is 2.16. The fourth-order valence-corrected chi connectivity index (χ4v) is 4.04. The number of alkyl halides is 1. The highest BCUT2D eigenvalue weighted by Crippen LogP contribution is 2.46. The summed E-state index contributed by atoms with van der Waals surface area (Å²) < 4.78 is 7.89. The minimum absolute atomic E-state index is 0.0377. The van der Waals surface area contributed by atoms with Gasteiger partial charge < -0.3 is 10.1 Å². The highest BCUT2D eigenvalue weighted by atomic mass is 127. The summed E-state index contributed by atoms with van der Waals surface area (Å²) in [5.74, 6) is 0.727. The Morgan fingerprint density at radius 2 is 2.05 bits per heavy atom. The van der Waals surface area contributed by atoms with Crippen LogP contribution >= 0.6 is 38.5 Å². The van der Waals surface area contributed by atoms with Crippen LogP contribution in [0.1, 0.15) is 27.4 Å². The molecule has 3 rings (SSSR count). The van der Waals surface area contributed by atoms with Gasteiger partial charge in [0.05, 0.1) is 11.5 Å². The van der Waals surface area contributed by atoms with Crippen molar-refractivity contribution in [2.45, 2.75) is 12.0 Å². The number of carbonyl (C=O) groups is 1. The number of rotatable bonds is 3. The van der Waals surface area contributed by atoms with E-state index in [1.807, 2.05) is 24.3 Å². The zero-order valence-corrected chi connectivity index (χ0v) is 15.7. The maximum atomic E-state index is 12.1. The maximum absolute atomic E-state index is 12.1. The molecule has 0 radical (unpaired) electrons. The molecule has 2 atom stereocenters. The van der Waals surface area contributed by atoms with E-state index >= 15 is 0 Å².